The minimum atomic E-state index is -0.879. The minimum absolute atomic E-state index is 0.109. The topological polar surface area (TPSA) is 73.8 Å². The summed E-state index contributed by atoms with van der Waals surface area (Å²) in [5.41, 5.74) is -0.211. The van der Waals surface area contributed by atoms with E-state index in [0.29, 0.717) is 28.2 Å². The fourth-order valence-corrected chi connectivity index (χ4v) is 4.07. The van der Waals surface area contributed by atoms with Crippen LogP contribution in [0.1, 0.15) is 30.5 Å². The van der Waals surface area contributed by atoms with Crippen LogP contribution in [0.5, 0.6) is 0 Å². The standard InChI is InChI=1S/C20H13ClF2N4O2S/c21-11-3-5-15-13(7-11)19(28)27(16-6-4-12(22)8-14(16)23)20(24-15)30-9-17-25-26-18(29-17)10-1-2-10/h3-8,10H,1-2,9H2. The highest BCUT2D eigenvalue weighted by atomic mass is 35.5. The van der Waals surface area contributed by atoms with Crippen LogP contribution < -0.4 is 5.56 Å². The summed E-state index contributed by atoms with van der Waals surface area (Å²) in [6.45, 7) is 0. The monoisotopic (exact) mass is 446 g/mol. The van der Waals surface area contributed by atoms with Crippen molar-refractivity contribution >= 4 is 34.3 Å². The number of hydrogen-bond donors (Lipinski definition) is 0. The van der Waals surface area contributed by atoms with E-state index in [0.717, 1.165) is 41.3 Å². The number of nitrogens with zero attached hydrogens (tertiary/aromatic N) is 4. The Labute approximate surface area is 177 Å². The van der Waals surface area contributed by atoms with Crippen LogP contribution in [-0.2, 0) is 5.75 Å². The Hall–Kier alpha value is -2.78. The fraction of sp³-hybridized carbons (Fsp3) is 0.200. The van der Waals surface area contributed by atoms with E-state index in [1.54, 1.807) is 12.1 Å². The van der Waals surface area contributed by atoms with Crippen molar-refractivity contribution in [2.24, 2.45) is 0 Å². The summed E-state index contributed by atoms with van der Waals surface area (Å²) in [6.07, 6.45) is 2.07. The zero-order valence-electron chi connectivity index (χ0n) is 15.3. The van der Waals surface area contributed by atoms with Crippen molar-refractivity contribution in [1.29, 1.82) is 0 Å². The summed E-state index contributed by atoms with van der Waals surface area (Å²) >= 11 is 7.17. The van der Waals surface area contributed by atoms with Crippen molar-refractivity contribution in [3.63, 3.8) is 0 Å². The number of aromatic nitrogens is 4. The second-order valence-electron chi connectivity index (χ2n) is 6.89. The normalized spacial score (nSPS) is 13.8. The molecule has 0 aliphatic heterocycles. The molecule has 0 N–H and O–H groups in total. The highest BCUT2D eigenvalue weighted by Crippen LogP contribution is 2.39. The summed E-state index contributed by atoms with van der Waals surface area (Å²) in [7, 11) is 0. The molecule has 6 nitrogen and oxygen atoms in total. The van der Waals surface area contributed by atoms with E-state index in [9.17, 15) is 13.6 Å². The molecule has 0 amide bonds. The van der Waals surface area contributed by atoms with Gasteiger partial charge >= 0.3 is 0 Å². The van der Waals surface area contributed by atoms with Gasteiger partial charge in [-0.3, -0.25) is 9.36 Å². The average Bonchev–Trinajstić information content (AvgIpc) is 3.46. The first kappa shape index (κ1) is 19.2. The number of halogens is 3. The van der Waals surface area contributed by atoms with Crippen LogP contribution in [0.3, 0.4) is 0 Å². The zero-order valence-corrected chi connectivity index (χ0v) is 16.9. The van der Waals surface area contributed by atoms with Gasteiger partial charge in [0.2, 0.25) is 11.8 Å². The molecule has 0 radical (unpaired) electrons. The molecule has 2 heterocycles. The van der Waals surface area contributed by atoms with Gasteiger partial charge in [0.15, 0.2) is 5.16 Å². The quantitative estimate of drug-likeness (QED) is 0.321. The lowest BCUT2D eigenvalue weighted by atomic mass is 10.2. The first-order valence-electron chi connectivity index (χ1n) is 9.12. The average molecular weight is 447 g/mol. The van der Waals surface area contributed by atoms with Gasteiger partial charge in [-0.25, -0.2) is 13.8 Å². The molecule has 0 bridgehead atoms. The van der Waals surface area contributed by atoms with E-state index < -0.39 is 17.2 Å². The van der Waals surface area contributed by atoms with Crippen molar-refractivity contribution < 1.29 is 13.2 Å². The highest BCUT2D eigenvalue weighted by Gasteiger charge is 2.29. The second-order valence-corrected chi connectivity index (χ2v) is 8.27. The smallest absolute Gasteiger partial charge is 0.266 e. The molecule has 4 aromatic rings. The van der Waals surface area contributed by atoms with Crippen molar-refractivity contribution in [2.45, 2.75) is 29.7 Å². The summed E-state index contributed by atoms with van der Waals surface area (Å²) in [6, 6.07) is 7.71. The Morgan fingerprint density at radius 3 is 2.77 bits per heavy atom. The lowest BCUT2D eigenvalue weighted by Crippen LogP contribution is -2.22. The molecule has 152 valence electrons. The number of benzene rings is 2. The molecule has 0 saturated heterocycles. The van der Waals surface area contributed by atoms with Gasteiger partial charge in [0.05, 0.1) is 22.3 Å². The van der Waals surface area contributed by atoms with E-state index in [4.69, 9.17) is 16.0 Å². The molecule has 10 heteroatoms. The molecular formula is C20H13ClF2N4O2S. The molecule has 5 rings (SSSR count). The van der Waals surface area contributed by atoms with E-state index in [2.05, 4.69) is 15.2 Å². The van der Waals surface area contributed by atoms with Crippen LogP contribution >= 0.6 is 23.4 Å². The molecule has 1 fully saturated rings. The molecule has 0 atom stereocenters. The van der Waals surface area contributed by atoms with Gasteiger partial charge in [-0.1, -0.05) is 23.4 Å². The Morgan fingerprint density at radius 1 is 1.17 bits per heavy atom. The molecule has 0 spiro atoms. The SMILES string of the molecule is O=c1c2cc(Cl)ccc2nc(SCc2nnc(C3CC3)o2)n1-c1ccc(F)cc1F. The van der Waals surface area contributed by atoms with Crippen LogP contribution in [0.2, 0.25) is 5.02 Å². The second kappa shape index (κ2) is 7.48. The third kappa shape index (κ3) is 3.59. The van der Waals surface area contributed by atoms with Gasteiger partial charge in [0, 0.05) is 17.0 Å². The minimum Gasteiger partial charge on any atom is -0.424 e. The lowest BCUT2D eigenvalue weighted by molar-refractivity contribution is 0.466. The van der Waals surface area contributed by atoms with Crippen molar-refractivity contribution in [2.75, 3.05) is 0 Å². The maximum absolute atomic E-state index is 14.5. The van der Waals surface area contributed by atoms with Crippen LogP contribution in [0.4, 0.5) is 8.78 Å². The molecule has 1 saturated carbocycles. The fourth-order valence-electron chi connectivity index (χ4n) is 3.06. The predicted octanol–water partition coefficient (Wildman–Crippen LogP) is 4.87. The van der Waals surface area contributed by atoms with E-state index in [1.165, 1.54) is 12.1 Å². The Balaban J connectivity index is 1.61. The summed E-state index contributed by atoms with van der Waals surface area (Å²) < 4.78 is 34.7. The Morgan fingerprint density at radius 2 is 2.00 bits per heavy atom. The van der Waals surface area contributed by atoms with Gasteiger partial charge in [0.1, 0.15) is 11.6 Å². The number of rotatable bonds is 5. The number of fused-ring (bicyclic) bond motifs is 1. The Kier molecular flexibility index (Phi) is 4.79. The first-order valence-corrected chi connectivity index (χ1v) is 10.5. The first-order chi connectivity index (χ1) is 14.5. The lowest BCUT2D eigenvalue weighted by Gasteiger charge is -2.13. The number of thioether (sulfide) groups is 1. The van der Waals surface area contributed by atoms with Crippen molar-refractivity contribution in [3.8, 4) is 5.69 Å². The number of hydrogen-bond acceptors (Lipinski definition) is 6. The third-order valence-corrected chi connectivity index (χ3v) is 5.84. The molecular weight excluding hydrogens is 434 g/mol. The maximum Gasteiger partial charge on any atom is 0.266 e. The summed E-state index contributed by atoms with van der Waals surface area (Å²) in [5, 5.41) is 8.86. The van der Waals surface area contributed by atoms with Gasteiger partial charge in [-0.2, -0.15) is 0 Å². The van der Waals surface area contributed by atoms with E-state index >= 15 is 0 Å². The van der Waals surface area contributed by atoms with Crippen LogP contribution in [0.15, 0.2) is 50.8 Å². The van der Waals surface area contributed by atoms with Crippen molar-refractivity contribution in [3.05, 3.63) is 75.2 Å². The van der Waals surface area contributed by atoms with Crippen molar-refractivity contribution in [1.82, 2.24) is 19.7 Å². The zero-order chi connectivity index (χ0) is 20.8. The van der Waals surface area contributed by atoms with Crippen LogP contribution in [0, 0.1) is 11.6 Å². The van der Waals surface area contributed by atoms with Gasteiger partial charge in [-0.15, -0.1) is 10.2 Å². The largest absolute Gasteiger partial charge is 0.424 e. The molecule has 1 aliphatic rings. The molecule has 30 heavy (non-hydrogen) atoms. The summed E-state index contributed by atoms with van der Waals surface area (Å²) in [5.74, 6) is -0.0585. The third-order valence-electron chi connectivity index (χ3n) is 4.68. The molecule has 2 aromatic carbocycles. The van der Waals surface area contributed by atoms with Crippen LogP contribution in [-0.4, -0.2) is 19.7 Å². The van der Waals surface area contributed by atoms with E-state index in [-0.39, 0.29) is 22.0 Å². The molecule has 1 aliphatic carbocycles. The molecule has 2 aromatic heterocycles. The summed E-state index contributed by atoms with van der Waals surface area (Å²) in [4.78, 5) is 17.7. The molecule has 0 unspecified atom stereocenters. The van der Waals surface area contributed by atoms with E-state index in [1.807, 2.05) is 0 Å². The Bertz CT molecular complexity index is 1340. The predicted molar refractivity (Wildman–Crippen MR) is 108 cm³/mol. The van der Waals surface area contributed by atoms with Crippen LogP contribution in [0.25, 0.3) is 16.6 Å². The van der Waals surface area contributed by atoms with Gasteiger partial charge in [0.25, 0.3) is 5.56 Å². The van der Waals surface area contributed by atoms with Gasteiger partial charge in [-0.05, 0) is 43.2 Å². The van der Waals surface area contributed by atoms with Gasteiger partial charge < -0.3 is 4.42 Å². The maximum atomic E-state index is 14.5. The highest BCUT2D eigenvalue weighted by molar-refractivity contribution is 7.98.